The van der Waals surface area contributed by atoms with Gasteiger partial charge < -0.3 is 34.1 Å². The van der Waals surface area contributed by atoms with Crippen LogP contribution in [0.25, 0.3) is 11.1 Å². The lowest BCUT2D eigenvalue weighted by Gasteiger charge is -2.32. The summed E-state index contributed by atoms with van der Waals surface area (Å²) in [6.07, 6.45) is -9.34. The maximum Gasteiger partial charge on any atom is 0.417 e. The second-order valence-electron chi connectivity index (χ2n) is 13.4. The van der Waals surface area contributed by atoms with Gasteiger partial charge in [-0.1, -0.05) is 12.1 Å². The summed E-state index contributed by atoms with van der Waals surface area (Å²) < 4.78 is 107. The number of carbonyl (C=O) groups is 1. The summed E-state index contributed by atoms with van der Waals surface area (Å²) in [6.45, 7) is 9.44. The molecule has 1 aliphatic heterocycles. The lowest BCUT2D eigenvalue weighted by molar-refractivity contribution is -0.142. The molecule has 4 aromatic rings. The van der Waals surface area contributed by atoms with Crippen molar-refractivity contribution in [3.05, 3.63) is 82.0 Å². The Hall–Kier alpha value is -5.29. The molecule has 2 heterocycles. The van der Waals surface area contributed by atoms with Crippen molar-refractivity contribution in [2.24, 2.45) is 0 Å². The van der Waals surface area contributed by atoms with Gasteiger partial charge in [0.25, 0.3) is 0 Å². The largest absolute Gasteiger partial charge is 0.493 e. The van der Waals surface area contributed by atoms with E-state index < -0.39 is 47.3 Å². The maximum absolute atomic E-state index is 14.4. The SMILES string of the molecule is COc1cc(Nc2nccc(NC(=O)OCc3cc(C(F)(F)F)cc(C(F)(F)F)c3-c3ccc(C)c(C)c3C)n2)cc(OCCCN2CCN(C)CC2)c1OC. The van der Waals surface area contributed by atoms with Gasteiger partial charge in [0.05, 0.1) is 32.0 Å². The fraction of sp³-hybridized carbons (Fsp3) is 0.410. The molecule has 1 aromatic heterocycles. The van der Waals surface area contributed by atoms with E-state index in [1.54, 1.807) is 39.0 Å². The van der Waals surface area contributed by atoms with Gasteiger partial charge in [0.1, 0.15) is 12.4 Å². The van der Waals surface area contributed by atoms with E-state index in [0.717, 1.165) is 44.7 Å². The Labute approximate surface area is 320 Å². The standard InChI is InChI=1S/C39H44F6N6O5/c1-23-8-9-29(25(3)24(23)2)34-26(18-27(38(40,41)42)19-30(34)39(43,44)45)22-56-37(52)49-33-10-11-46-36(48-33)47-28-20-31(53-5)35(54-6)32(21-28)55-17-7-12-51-15-13-50(4)14-16-51/h8-11,18-21H,7,12-17,22H2,1-6H3,(H2,46,47,48,49,52). The van der Waals surface area contributed by atoms with E-state index in [2.05, 4.69) is 37.4 Å². The van der Waals surface area contributed by atoms with Gasteiger partial charge in [-0.2, -0.15) is 31.3 Å². The highest BCUT2D eigenvalue weighted by molar-refractivity contribution is 5.84. The number of halogens is 6. The highest BCUT2D eigenvalue weighted by Gasteiger charge is 2.40. The van der Waals surface area contributed by atoms with E-state index in [4.69, 9.17) is 18.9 Å². The molecule has 1 aliphatic rings. The third-order valence-electron chi connectivity index (χ3n) is 9.60. The molecule has 1 fully saturated rings. The summed E-state index contributed by atoms with van der Waals surface area (Å²) in [7, 11) is 5.07. The average molecular weight is 791 g/mol. The molecule has 0 unspecified atom stereocenters. The molecule has 3 aromatic carbocycles. The number of carbonyl (C=O) groups excluding carboxylic acids is 1. The molecule has 302 valence electrons. The number of rotatable bonds is 13. The van der Waals surface area contributed by atoms with Crippen molar-refractivity contribution in [2.75, 3.05) is 71.2 Å². The molecule has 1 amide bonds. The van der Waals surface area contributed by atoms with Crippen LogP contribution >= 0.6 is 0 Å². The van der Waals surface area contributed by atoms with E-state index >= 15 is 0 Å². The van der Waals surface area contributed by atoms with Crippen molar-refractivity contribution in [1.29, 1.82) is 0 Å². The number of hydrogen-bond donors (Lipinski definition) is 2. The zero-order chi connectivity index (χ0) is 40.8. The van der Waals surface area contributed by atoms with Gasteiger partial charge in [-0.05, 0) is 80.3 Å². The second kappa shape index (κ2) is 17.7. The summed E-state index contributed by atoms with van der Waals surface area (Å²) in [4.78, 5) is 26.1. The Bertz CT molecular complexity index is 2020. The summed E-state index contributed by atoms with van der Waals surface area (Å²) in [6, 6.07) is 8.27. The number of benzene rings is 3. The summed E-state index contributed by atoms with van der Waals surface area (Å²) in [5, 5.41) is 5.37. The van der Waals surface area contributed by atoms with Crippen LogP contribution in [0, 0.1) is 20.8 Å². The Balaban J connectivity index is 1.32. The zero-order valence-electron chi connectivity index (χ0n) is 31.9. The van der Waals surface area contributed by atoms with Crippen LogP contribution in [0.3, 0.4) is 0 Å². The highest BCUT2D eigenvalue weighted by Crippen LogP contribution is 2.45. The monoisotopic (exact) mass is 790 g/mol. The predicted octanol–water partition coefficient (Wildman–Crippen LogP) is 8.63. The van der Waals surface area contributed by atoms with Gasteiger partial charge in [0.2, 0.25) is 11.7 Å². The molecule has 56 heavy (non-hydrogen) atoms. The predicted molar refractivity (Wildman–Crippen MR) is 199 cm³/mol. The van der Waals surface area contributed by atoms with Crippen molar-refractivity contribution in [3.8, 4) is 28.4 Å². The number of piperazine rings is 1. The van der Waals surface area contributed by atoms with Crippen LogP contribution in [0.15, 0.2) is 48.7 Å². The quantitative estimate of drug-likeness (QED) is 0.101. The molecule has 5 rings (SSSR count). The van der Waals surface area contributed by atoms with Gasteiger partial charge >= 0.3 is 18.4 Å². The summed E-state index contributed by atoms with van der Waals surface area (Å²) >= 11 is 0. The molecule has 2 N–H and O–H groups in total. The molecule has 11 nitrogen and oxygen atoms in total. The molecular formula is C39H44F6N6O5. The van der Waals surface area contributed by atoms with Crippen LogP contribution in [-0.4, -0.2) is 86.5 Å². The Morgan fingerprint density at radius 3 is 2.25 bits per heavy atom. The minimum absolute atomic E-state index is 0.0243. The van der Waals surface area contributed by atoms with Gasteiger partial charge in [-0.15, -0.1) is 0 Å². The van der Waals surface area contributed by atoms with Crippen molar-refractivity contribution in [1.82, 2.24) is 19.8 Å². The number of likely N-dealkylation sites (N-methyl/N-ethyl adjacent to an activating group) is 1. The maximum atomic E-state index is 14.4. The van der Waals surface area contributed by atoms with Crippen LogP contribution in [0.1, 0.15) is 39.8 Å². The number of aryl methyl sites for hydroxylation is 1. The smallest absolute Gasteiger partial charge is 0.417 e. The minimum atomic E-state index is -5.16. The molecular weight excluding hydrogens is 746 g/mol. The topological polar surface area (TPSA) is 110 Å². The minimum Gasteiger partial charge on any atom is -0.493 e. The highest BCUT2D eigenvalue weighted by atomic mass is 19.4. The zero-order valence-corrected chi connectivity index (χ0v) is 31.9. The van der Waals surface area contributed by atoms with Gasteiger partial charge in [0.15, 0.2) is 11.5 Å². The van der Waals surface area contributed by atoms with E-state index in [9.17, 15) is 31.1 Å². The van der Waals surface area contributed by atoms with E-state index in [-0.39, 0.29) is 23.4 Å². The Kier molecular flexibility index (Phi) is 13.2. The van der Waals surface area contributed by atoms with Crippen molar-refractivity contribution >= 4 is 23.5 Å². The van der Waals surface area contributed by atoms with Crippen molar-refractivity contribution in [3.63, 3.8) is 0 Å². The third-order valence-corrected chi connectivity index (χ3v) is 9.60. The number of methoxy groups -OCH3 is 2. The summed E-state index contributed by atoms with van der Waals surface area (Å²) in [5.74, 6) is 1.11. The lowest BCUT2D eigenvalue weighted by atomic mass is 9.87. The van der Waals surface area contributed by atoms with Gasteiger partial charge in [-0.25, -0.2) is 9.78 Å². The molecule has 0 atom stereocenters. The molecule has 1 saturated heterocycles. The number of amides is 1. The van der Waals surface area contributed by atoms with Gasteiger partial charge in [0, 0.05) is 62.3 Å². The first-order valence-corrected chi connectivity index (χ1v) is 17.7. The number of aromatic nitrogens is 2. The van der Waals surface area contributed by atoms with Crippen molar-refractivity contribution in [2.45, 2.75) is 46.2 Å². The first kappa shape index (κ1) is 41.9. The first-order chi connectivity index (χ1) is 26.5. The molecule has 17 heteroatoms. The molecule has 0 saturated carbocycles. The van der Waals surface area contributed by atoms with Crippen LogP contribution < -0.4 is 24.8 Å². The molecule has 0 spiro atoms. The van der Waals surface area contributed by atoms with Gasteiger partial charge in [-0.3, -0.25) is 5.32 Å². The van der Waals surface area contributed by atoms with E-state index in [0.29, 0.717) is 46.7 Å². The number of hydrogen-bond acceptors (Lipinski definition) is 10. The van der Waals surface area contributed by atoms with E-state index in [1.807, 2.05) is 0 Å². The van der Waals surface area contributed by atoms with Crippen LogP contribution in [-0.2, 0) is 23.7 Å². The molecule has 0 radical (unpaired) electrons. The number of nitrogens with one attached hydrogen (secondary N) is 2. The number of alkyl halides is 6. The third kappa shape index (κ3) is 10.3. The second-order valence-corrected chi connectivity index (χ2v) is 13.4. The fourth-order valence-electron chi connectivity index (χ4n) is 6.30. The Morgan fingerprint density at radius 2 is 1.59 bits per heavy atom. The van der Waals surface area contributed by atoms with E-state index in [1.165, 1.54) is 32.5 Å². The number of anilines is 3. The van der Waals surface area contributed by atoms with Crippen molar-refractivity contribution < 1.29 is 50.1 Å². The fourth-order valence-corrected chi connectivity index (χ4v) is 6.30. The average Bonchev–Trinajstić information content (AvgIpc) is 3.14. The first-order valence-electron chi connectivity index (χ1n) is 17.7. The van der Waals surface area contributed by atoms with Crippen LogP contribution in [0.5, 0.6) is 17.2 Å². The number of nitrogens with zero attached hydrogens (tertiary/aromatic N) is 4. The summed E-state index contributed by atoms with van der Waals surface area (Å²) in [5.41, 5.74) is -1.61. The van der Waals surface area contributed by atoms with Crippen LogP contribution in [0.2, 0.25) is 0 Å². The normalized spacial score (nSPS) is 14.0. The lowest BCUT2D eigenvalue weighted by Crippen LogP contribution is -2.44. The molecule has 0 bridgehead atoms. The molecule has 0 aliphatic carbocycles. The Morgan fingerprint density at radius 1 is 0.875 bits per heavy atom. The van der Waals surface area contributed by atoms with Crippen LogP contribution in [0.4, 0.5) is 48.6 Å². The number of ether oxygens (including phenoxy) is 4.